The van der Waals surface area contributed by atoms with E-state index in [0.717, 1.165) is 36.8 Å². The van der Waals surface area contributed by atoms with Crippen molar-refractivity contribution in [3.05, 3.63) is 65.2 Å². The van der Waals surface area contributed by atoms with E-state index in [1.54, 1.807) is 13.0 Å². The quantitative estimate of drug-likeness (QED) is 0.756. The average Bonchev–Trinajstić information content (AvgIpc) is 3.19. The van der Waals surface area contributed by atoms with Crippen molar-refractivity contribution in [2.75, 3.05) is 11.9 Å². The van der Waals surface area contributed by atoms with Crippen molar-refractivity contribution in [1.82, 2.24) is 5.32 Å². The van der Waals surface area contributed by atoms with Crippen molar-refractivity contribution in [3.63, 3.8) is 0 Å². The summed E-state index contributed by atoms with van der Waals surface area (Å²) in [4.78, 5) is 25.3. The van der Waals surface area contributed by atoms with Gasteiger partial charge in [0.05, 0.1) is 5.41 Å². The van der Waals surface area contributed by atoms with Crippen molar-refractivity contribution < 1.29 is 22.8 Å². The molecule has 4 nitrogen and oxygen atoms in total. The third-order valence-corrected chi connectivity index (χ3v) is 5.42. The van der Waals surface area contributed by atoms with Crippen LogP contribution in [0.3, 0.4) is 0 Å². The van der Waals surface area contributed by atoms with E-state index in [9.17, 15) is 22.8 Å². The number of hydrogen-bond acceptors (Lipinski definition) is 2. The number of hydrogen-bond donors (Lipinski definition) is 2. The maximum atomic E-state index is 13.3. The van der Waals surface area contributed by atoms with E-state index in [2.05, 4.69) is 5.32 Å². The highest BCUT2D eigenvalue weighted by molar-refractivity contribution is 6.01. The zero-order valence-corrected chi connectivity index (χ0v) is 16.1. The van der Waals surface area contributed by atoms with Gasteiger partial charge in [-0.3, -0.25) is 9.59 Å². The van der Waals surface area contributed by atoms with Crippen LogP contribution in [0.4, 0.5) is 18.9 Å². The molecule has 0 aliphatic heterocycles. The predicted molar refractivity (Wildman–Crippen MR) is 105 cm³/mol. The zero-order chi connectivity index (χ0) is 21.1. The third kappa shape index (κ3) is 4.78. The molecule has 2 aromatic rings. The first-order valence-corrected chi connectivity index (χ1v) is 9.54. The zero-order valence-electron chi connectivity index (χ0n) is 16.1. The summed E-state index contributed by atoms with van der Waals surface area (Å²) < 4.78 is 37.1. The monoisotopic (exact) mass is 404 g/mol. The molecule has 2 aromatic carbocycles. The lowest BCUT2D eigenvalue weighted by Crippen LogP contribution is -2.38. The number of nitrogens with one attached hydrogen (secondary N) is 2. The maximum Gasteiger partial charge on any atom is 0.405 e. The molecule has 1 aliphatic carbocycles. The molecule has 154 valence electrons. The highest BCUT2D eigenvalue weighted by atomic mass is 19.4. The van der Waals surface area contributed by atoms with Gasteiger partial charge in [0, 0.05) is 11.3 Å². The lowest BCUT2D eigenvalue weighted by Gasteiger charge is -2.28. The van der Waals surface area contributed by atoms with Gasteiger partial charge in [-0.25, -0.2) is 0 Å². The lowest BCUT2D eigenvalue weighted by atomic mass is 9.78. The van der Waals surface area contributed by atoms with Crippen LogP contribution in [-0.2, 0) is 10.2 Å². The molecule has 0 radical (unpaired) electrons. The minimum atomic E-state index is -4.48. The van der Waals surface area contributed by atoms with Gasteiger partial charge in [-0.05, 0) is 43.0 Å². The molecule has 2 amide bonds. The Bertz CT molecular complexity index is 889. The number of carbonyl (C=O) groups excluding carboxylic acids is 2. The lowest BCUT2D eigenvalue weighted by molar-refractivity contribution is -0.123. The summed E-state index contributed by atoms with van der Waals surface area (Å²) in [6.45, 7) is 0.370. The van der Waals surface area contributed by atoms with Gasteiger partial charge in [0.15, 0.2) is 0 Å². The van der Waals surface area contributed by atoms with E-state index < -0.39 is 24.0 Å². The van der Waals surface area contributed by atoms with E-state index >= 15 is 0 Å². The van der Waals surface area contributed by atoms with E-state index in [-0.39, 0.29) is 11.5 Å². The van der Waals surface area contributed by atoms with Crippen molar-refractivity contribution in [2.45, 2.75) is 44.2 Å². The number of aryl methyl sites for hydroxylation is 1. The van der Waals surface area contributed by atoms with E-state index in [0.29, 0.717) is 5.69 Å². The van der Waals surface area contributed by atoms with Crippen LogP contribution >= 0.6 is 0 Å². The van der Waals surface area contributed by atoms with Crippen molar-refractivity contribution in [1.29, 1.82) is 0 Å². The average molecular weight is 404 g/mol. The Morgan fingerprint density at radius 1 is 1.03 bits per heavy atom. The smallest absolute Gasteiger partial charge is 0.343 e. The van der Waals surface area contributed by atoms with Gasteiger partial charge in [-0.15, -0.1) is 0 Å². The van der Waals surface area contributed by atoms with Crippen molar-refractivity contribution in [3.8, 4) is 0 Å². The fraction of sp³-hybridized carbons (Fsp3) is 0.364. The summed E-state index contributed by atoms with van der Waals surface area (Å²) in [5.74, 6) is -0.992. The van der Waals surface area contributed by atoms with Gasteiger partial charge in [0.25, 0.3) is 5.91 Å². The summed E-state index contributed by atoms with van der Waals surface area (Å²) in [6, 6.07) is 14.1. The molecule has 0 atom stereocenters. The van der Waals surface area contributed by atoms with Crippen LogP contribution in [0, 0.1) is 6.92 Å². The van der Waals surface area contributed by atoms with Crippen LogP contribution < -0.4 is 10.6 Å². The fourth-order valence-electron chi connectivity index (χ4n) is 3.80. The molecular formula is C22H23F3N2O2. The molecule has 1 fully saturated rings. The standard InChI is InChI=1S/C22H23F3N2O2/c1-15-9-10-16(19(28)26-14-22(23,24)25)13-18(15)27-20(29)21(11-5-6-12-21)17-7-3-2-4-8-17/h2-4,7-10,13H,5-6,11-12,14H2,1H3,(H,26,28)(H,27,29). The number of rotatable bonds is 5. The molecule has 2 N–H and O–H groups in total. The summed E-state index contributed by atoms with van der Waals surface area (Å²) in [7, 11) is 0. The second-order valence-electron chi connectivity index (χ2n) is 7.44. The number of anilines is 1. The van der Waals surface area contributed by atoms with Gasteiger partial charge >= 0.3 is 6.18 Å². The highest BCUT2D eigenvalue weighted by Gasteiger charge is 2.42. The second-order valence-corrected chi connectivity index (χ2v) is 7.44. The number of benzene rings is 2. The molecule has 29 heavy (non-hydrogen) atoms. The van der Waals surface area contributed by atoms with E-state index in [1.807, 2.05) is 35.6 Å². The Morgan fingerprint density at radius 2 is 1.69 bits per heavy atom. The third-order valence-electron chi connectivity index (χ3n) is 5.42. The largest absolute Gasteiger partial charge is 0.405 e. The van der Waals surface area contributed by atoms with Gasteiger partial charge in [0.2, 0.25) is 5.91 Å². The van der Waals surface area contributed by atoms with E-state index in [4.69, 9.17) is 0 Å². The molecule has 0 saturated heterocycles. The summed E-state index contributed by atoms with van der Waals surface area (Å²) in [6.07, 6.45) is -1.13. The van der Waals surface area contributed by atoms with Crippen molar-refractivity contribution >= 4 is 17.5 Å². The molecule has 0 spiro atoms. The fourth-order valence-corrected chi connectivity index (χ4v) is 3.80. The highest BCUT2D eigenvalue weighted by Crippen LogP contribution is 2.42. The van der Waals surface area contributed by atoms with Crippen molar-refractivity contribution in [2.24, 2.45) is 0 Å². The SMILES string of the molecule is Cc1ccc(C(=O)NCC(F)(F)F)cc1NC(=O)C1(c2ccccc2)CCCC1. The number of alkyl halides is 3. The first-order valence-electron chi connectivity index (χ1n) is 9.54. The Balaban J connectivity index is 1.82. The van der Waals surface area contributed by atoms with Crippen LogP contribution in [0.25, 0.3) is 0 Å². The Kier molecular flexibility index (Phi) is 5.96. The predicted octanol–water partition coefficient (Wildman–Crippen LogP) is 4.74. The Hall–Kier alpha value is -2.83. The normalized spacial score (nSPS) is 15.7. The minimum Gasteiger partial charge on any atom is -0.343 e. The molecule has 1 saturated carbocycles. The Morgan fingerprint density at radius 3 is 2.31 bits per heavy atom. The van der Waals surface area contributed by atoms with Crippen LogP contribution in [0.2, 0.25) is 0 Å². The molecular weight excluding hydrogens is 381 g/mol. The first kappa shape index (κ1) is 20.9. The molecule has 0 heterocycles. The summed E-state index contributed by atoms with van der Waals surface area (Å²) in [5.41, 5.74) is 1.54. The Labute approximate surface area is 167 Å². The summed E-state index contributed by atoms with van der Waals surface area (Å²) in [5, 5.41) is 4.77. The number of halogens is 3. The van der Waals surface area contributed by atoms with Crippen LogP contribution in [-0.4, -0.2) is 24.5 Å². The molecule has 0 unspecified atom stereocenters. The molecule has 1 aliphatic rings. The maximum absolute atomic E-state index is 13.3. The van der Waals surface area contributed by atoms with Gasteiger partial charge in [-0.1, -0.05) is 49.2 Å². The minimum absolute atomic E-state index is 0.0651. The van der Waals surface area contributed by atoms with E-state index in [1.165, 1.54) is 12.1 Å². The van der Waals surface area contributed by atoms with Gasteiger partial charge < -0.3 is 10.6 Å². The number of amides is 2. The first-order chi connectivity index (χ1) is 13.7. The van der Waals surface area contributed by atoms with Crippen LogP contribution in [0.5, 0.6) is 0 Å². The second kappa shape index (κ2) is 8.27. The molecule has 7 heteroatoms. The van der Waals surface area contributed by atoms with Gasteiger partial charge in [0.1, 0.15) is 6.54 Å². The van der Waals surface area contributed by atoms with Gasteiger partial charge in [-0.2, -0.15) is 13.2 Å². The summed E-state index contributed by atoms with van der Waals surface area (Å²) >= 11 is 0. The molecule has 3 rings (SSSR count). The number of carbonyl (C=O) groups is 2. The molecule has 0 bridgehead atoms. The molecule has 0 aromatic heterocycles. The topological polar surface area (TPSA) is 58.2 Å². The van der Waals surface area contributed by atoms with Crippen LogP contribution in [0.1, 0.15) is 47.2 Å². The van der Waals surface area contributed by atoms with Crippen LogP contribution in [0.15, 0.2) is 48.5 Å².